The van der Waals surface area contributed by atoms with Gasteiger partial charge in [0.05, 0.1) is 0 Å². The number of amides is 1. The Hall–Kier alpha value is -1.06. The first kappa shape index (κ1) is 18.9. The molecule has 3 nitrogen and oxygen atoms in total. The molecule has 1 rings (SSSR count). The van der Waals surface area contributed by atoms with Crippen molar-refractivity contribution in [1.82, 2.24) is 5.32 Å². The lowest BCUT2D eigenvalue weighted by atomic mass is 9.99. The molecule has 0 aliphatic rings. The summed E-state index contributed by atoms with van der Waals surface area (Å²) in [6, 6.07) is 7.49. The summed E-state index contributed by atoms with van der Waals surface area (Å²) < 4.78 is 0. The molecule has 1 aromatic carbocycles. The molecule has 0 heterocycles. The van der Waals surface area contributed by atoms with Crippen molar-refractivity contribution in [2.45, 2.75) is 46.1 Å². The average Bonchev–Trinajstić information content (AvgIpc) is 2.47. The van der Waals surface area contributed by atoms with E-state index in [1.54, 1.807) is 0 Å². The fourth-order valence-electron chi connectivity index (χ4n) is 2.07. The summed E-state index contributed by atoms with van der Waals surface area (Å²) in [6.45, 7) is 5.66. The van der Waals surface area contributed by atoms with Crippen LogP contribution in [0.2, 0.25) is 0 Å². The maximum atomic E-state index is 12.0. The van der Waals surface area contributed by atoms with Crippen LogP contribution in [0.25, 0.3) is 0 Å². The third-order valence-corrected chi connectivity index (χ3v) is 3.55. The minimum Gasteiger partial charge on any atom is -0.352 e. The van der Waals surface area contributed by atoms with Crippen LogP contribution in [0.4, 0.5) is 0 Å². The van der Waals surface area contributed by atoms with Gasteiger partial charge in [0.25, 0.3) is 5.91 Å². The van der Waals surface area contributed by atoms with Crippen molar-refractivity contribution < 1.29 is 4.79 Å². The molecule has 0 aliphatic heterocycles. The summed E-state index contributed by atoms with van der Waals surface area (Å²) in [5.74, 6) is 0.603. The average molecular weight is 299 g/mol. The molecule has 0 radical (unpaired) electrons. The highest BCUT2D eigenvalue weighted by Crippen LogP contribution is 2.11. The molecule has 0 saturated heterocycles. The maximum Gasteiger partial charge on any atom is 0.251 e. The Kier molecular flexibility index (Phi) is 10.1. The summed E-state index contributed by atoms with van der Waals surface area (Å²) in [5, 5.41) is 3.03. The number of unbranched alkanes of at least 4 members (excludes halogenated alkanes) is 1. The summed E-state index contributed by atoms with van der Waals surface area (Å²) in [6.07, 6.45) is 4.76. The van der Waals surface area contributed by atoms with Crippen LogP contribution in [0.15, 0.2) is 24.3 Å². The normalized spacial score (nSPS) is 11.6. The third-order valence-electron chi connectivity index (χ3n) is 3.55. The van der Waals surface area contributed by atoms with Crippen molar-refractivity contribution in [2.24, 2.45) is 11.7 Å². The monoisotopic (exact) mass is 298 g/mol. The van der Waals surface area contributed by atoms with Gasteiger partial charge in [-0.1, -0.05) is 45.2 Å². The summed E-state index contributed by atoms with van der Waals surface area (Å²) in [7, 11) is 0. The predicted octanol–water partition coefficient (Wildman–Crippen LogP) is 3.51. The van der Waals surface area contributed by atoms with E-state index >= 15 is 0 Å². The van der Waals surface area contributed by atoms with Gasteiger partial charge in [0.15, 0.2) is 0 Å². The topological polar surface area (TPSA) is 55.1 Å². The van der Waals surface area contributed by atoms with E-state index in [0.29, 0.717) is 18.0 Å². The molecule has 3 N–H and O–H groups in total. The third kappa shape index (κ3) is 6.40. The summed E-state index contributed by atoms with van der Waals surface area (Å²) in [5.41, 5.74) is 7.30. The van der Waals surface area contributed by atoms with Gasteiger partial charge in [0.1, 0.15) is 0 Å². The molecule has 0 aromatic heterocycles. The van der Waals surface area contributed by atoms with Crippen molar-refractivity contribution in [3.8, 4) is 0 Å². The molecule has 0 bridgehead atoms. The van der Waals surface area contributed by atoms with Gasteiger partial charge in [-0.3, -0.25) is 4.79 Å². The number of nitrogens with one attached hydrogen (secondary N) is 1. The van der Waals surface area contributed by atoms with E-state index in [-0.39, 0.29) is 18.3 Å². The first-order valence-electron chi connectivity index (χ1n) is 7.28. The van der Waals surface area contributed by atoms with Crippen molar-refractivity contribution in [3.05, 3.63) is 35.4 Å². The quantitative estimate of drug-likeness (QED) is 0.771. The highest BCUT2D eigenvalue weighted by molar-refractivity contribution is 5.94. The van der Waals surface area contributed by atoms with Crippen LogP contribution in [0.5, 0.6) is 0 Å². The van der Waals surface area contributed by atoms with Crippen molar-refractivity contribution >= 4 is 18.3 Å². The smallest absolute Gasteiger partial charge is 0.251 e. The Morgan fingerprint density at radius 3 is 2.40 bits per heavy atom. The van der Waals surface area contributed by atoms with Crippen molar-refractivity contribution in [2.75, 3.05) is 6.54 Å². The molecular weight excluding hydrogens is 272 g/mol. The van der Waals surface area contributed by atoms with Gasteiger partial charge < -0.3 is 11.1 Å². The van der Waals surface area contributed by atoms with Gasteiger partial charge in [0.2, 0.25) is 0 Å². The molecule has 1 amide bonds. The lowest BCUT2D eigenvalue weighted by Crippen LogP contribution is -2.29. The van der Waals surface area contributed by atoms with E-state index in [1.165, 1.54) is 19.3 Å². The van der Waals surface area contributed by atoms with Crippen LogP contribution in [0.1, 0.15) is 55.5 Å². The first-order valence-corrected chi connectivity index (χ1v) is 7.28. The number of rotatable bonds is 8. The van der Waals surface area contributed by atoms with E-state index in [1.807, 2.05) is 24.3 Å². The minimum absolute atomic E-state index is 0. The van der Waals surface area contributed by atoms with Crippen molar-refractivity contribution in [3.63, 3.8) is 0 Å². The predicted molar refractivity (Wildman–Crippen MR) is 87.2 cm³/mol. The fraction of sp³-hybridized carbons (Fsp3) is 0.562. The summed E-state index contributed by atoms with van der Waals surface area (Å²) >= 11 is 0. The Morgan fingerprint density at radius 2 is 1.90 bits per heavy atom. The van der Waals surface area contributed by atoms with Gasteiger partial charge in [-0.25, -0.2) is 0 Å². The highest BCUT2D eigenvalue weighted by Gasteiger charge is 2.09. The van der Waals surface area contributed by atoms with Crippen LogP contribution in [-0.4, -0.2) is 12.5 Å². The van der Waals surface area contributed by atoms with Crippen LogP contribution in [0.3, 0.4) is 0 Å². The Morgan fingerprint density at radius 1 is 1.25 bits per heavy atom. The van der Waals surface area contributed by atoms with E-state index in [2.05, 4.69) is 19.2 Å². The van der Waals surface area contributed by atoms with Crippen LogP contribution < -0.4 is 11.1 Å². The van der Waals surface area contributed by atoms with E-state index in [0.717, 1.165) is 18.5 Å². The number of carbonyl (C=O) groups excluding carboxylic acids is 1. The van der Waals surface area contributed by atoms with Gasteiger partial charge in [-0.2, -0.15) is 0 Å². The molecule has 1 unspecified atom stereocenters. The molecule has 1 aromatic rings. The second-order valence-corrected chi connectivity index (χ2v) is 5.03. The minimum atomic E-state index is 0. The molecule has 20 heavy (non-hydrogen) atoms. The zero-order valence-electron chi connectivity index (χ0n) is 12.5. The SMILES string of the molecule is CCCCC(CC)CNC(=O)c1ccc(CN)cc1.Cl. The Balaban J connectivity index is 0.00000361. The number of hydrogen-bond donors (Lipinski definition) is 2. The number of halogens is 1. The van der Waals surface area contributed by atoms with Gasteiger partial charge >= 0.3 is 0 Å². The molecule has 0 saturated carbocycles. The van der Waals surface area contributed by atoms with E-state index < -0.39 is 0 Å². The second-order valence-electron chi connectivity index (χ2n) is 5.03. The number of carbonyl (C=O) groups is 1. The largest absolute Gasteiger partial charge is 0.352 e. The number of hydrogen-bond acceptors (Lipinski definition) is 2. The van der Waals surface area contributed by atoms with Crippen LogP contribution >= 0.6 is 12.4 Å². The molecule has 0 aliphatic carbocycles. The van der Waals surface area contributed by atoms with Gasteiger partial charge in [-0.15, -0.1) is 12.4 Å². The Bertz CT molecular complexity index is 379. The molecule has 114 valence electrons. The molecule has 0 spiro atoms. The highest BCUT2D eigenvalue weighted by atomic mass is 35.5. The maximum absolute atomic E-state index is 12.0. The van der Waals surface area contributed by atoms with Crippen molar-refractivity contribution in [1.29, 1.82) is 0 Å². The first-order chi connectivity index (χ1) is 9.21. The van der Waals surface area contributed by atoms with Gasteiger partial charge in [-0.05, 0) is 30.0 Å². The lowest BCUT2D eigenvalue weighted by molar-refractivity contribution is 0.0946. The standard InChI is InChI=1S/C16H26N2O.ClH/c1-3-5-6-13(4-2)12-18-16(19)15-9-7-14(11-17)8-10-15;/h7-10,13H,3-6,11-12,17H2,1-2H3,(H,18,19);1H. The Labute approximate surface area is 128 Å². The second kappa shape index (κ2) is 10.7. The molecule has 1 atom stereocenters. The summed E-state index contributed by atoms with van der Waals surface area (Å²) in [4.78, 5) is 12.0. The lowest BCUT2D eigenvalue weighted by Gasteiger charge is -2.15. The number of nitrogens with two attached hydrogens (primary N) is 1. The zero-order valence-corrected chi connectivity index (χ0v) is 13.3. The number of benzene rings is 1. The zero-order chi connectivity index (χ0) is 14.1. The van der Waals surface area contributed by atoms with Crippen LogP contribution in [0, 0.1) is 5.92 Å². The fourth-order valence-corrected chi connectivity index (χ4v) is 2.07. The van der Waals surface area contributed by atoms with E-state index in [9.17, 15) is 4.79 Å². The van der Waals surface area contributed by atoms with E-state index in [4.69, 9.17) is 5.73 Å². The molecule has 0 fully saturated rings. The van der Waals surface area contributed by atoms with Crippen LogP contribution in [-0.2, 0) is 6.54 Å². The molecule has 4 heteroatoms. The molecular formula is C16H27ClN2O. The van der Waals surface area contributed by atoms with Gasteiger partial charge in [0, 0.05) is 18.7 Å².